The summed E-state index contributed by atoms with van der Waals surface area (Å²) in [4.78, 5) is 0. The predicted octanol–water partition coefficient (Wildman–Crippen LogP) is 0.197. The van der Waals surface area contributed by atoms with Gasteiger partial charge in [0.1, 0.15) is 0 Å². The highest BCUT2D eigenvalue weighted by Gasteiger charge is 2.25. The molecule has 1 atom stereocenters. The fourth-order valence-electron chi connectivity index (χ4n) is 1.27. The Kier molecular flexibility index (Phi) is 5.69. The van der Waals surface area contributed by atoms with Crippen molar-refractivity contribution in [1.29, 1.82) is 5.26 Å². The van der Waals surface area contributed by atoms with E-state index in [2.05, 4.69) is 0 Å². The zero-order valence-electron chi connectivity index (χ0n) is 8.73. The van der Waals surface area contributed by atoms with Crippen molar-refractivity contribution in [3.63, 3.8) is 0 Å². The van der Waals surface area contributed by atoms with Crippen LogP contribution in [0.25, 0.3) is 0 Å². The molecule has 5 nitrogen and oxygen atoms in total. The van der Waals surface area contributed by atoms with Gasteiger partial charge in [-0.15, -0.1) is 0 Å². The minimum absolute atomic E-state index is 0.233. The summed E-state index contributed by atoms with van der Waals surface area (Å²) in [5.74, 6) is -0.477. The van der Waals surface area contributed by atoms with Crippen molar-refractivity contribution in [3.8, 4) is 6.07 Å². The third-order valence-electron chi connectivity index (χ3n) is 1.82. The summed E-state index contributed by atoms with van der Waals surface area (Å²) < 4.78 is 29.2. The summed E-state index contributed by atoms with van der Waals surface area (Å²) in [6.07, 6.45) is 0. The van der Waals surface area contributed by atoms with Crippen molar-refractivity contribution in [2.75, 3.05) is 26.0 Å². The van der Waals surface area contributed by atoms with Gasteiger partial charge in [0.2, 0.25) is 10.0 Å². The van der Waals surface area contributed by atoms with E-state index in [1.54, 1.807) is 19.9 Å². The van der Waals surface area contributed by atoms with E-state index >= 15 is 0 Å². The molecule has 0 aromatic carbocycles. The number of nitrogens with zero attached hydrogens (tertiary/aromatic N) is 2. The number of nitriles is 1. The molecule has 0 aromatic rings. The Balaban J connectivity index is 4.64. The maximum atomic E-state index is 11.5. The molecule has 0 N–H and O–H groups in total. The lowest BCUT2D eigenvalue weighted by atomic mass is 10.4. The topological polar surface area (TPSA) is 70.4 Å². The number of methoxy groups -OCH3 is 1. The molecule has 0 heterocycles. The normalized spacial score (nSPS) is 13.9. The van der Waals surface area contributed by atoms with Gasteiger partial charge in [0, 0.05) is 19.7 Å². The molecule has 0 aromatic heterocycles. The summed E-state index contributed by atoms with van der Waals surface area (Å²) >= 11 is 0. The molecule has 0 saturated carbocycles. The third kappa shape index (κ3) is 3.62. The van der Waals surface area contributed by atoms with Gasteiger partial charge in [-0.25, -0.2) is 8.42 Å². The Morgan fingerprint density at radius 3 is 2.50 bits per heavy atom. The average molecular weight is 220 g/mol. The van der Waals surface area contributed by atoms with Gasteiger partial charge in [0.15, 0.2) is 5.75 Å². The molecule has 14 heavy (non-hydrogen) atoms. The fraction of sp³-hybridized carbons (Fsp3) is 0.875. The monoisotopic (exact) mass is 220 g/mol. The van der Waals surface area contributed by atoms with Crippen molar-refractivity contribution in [2.24, 2.45) is 0 Å². The van der Waals surface area contributed by atoms with Crippen LogP contribution in [-0.4, -0.2) is 44.8 Å². The lowest BCUT2D eigenvalue weighted by Gasteiger charge is -2.25. The van der Waals surface area contributed by atoms with E-state index < -0.39 is 15.8 Å². The van der Waals surface area contributed by atoms with Crippen LogP contribution in [-0.2, 0) is 14.8 Å². The van der Waals surface area contributed by atoms with Crippen molar-refractivity contribution in [3.05, 3.63) is 0 Å². The second-order valence-electron chi connectivity index (χ2n) is 2.92. The molecule has 0 aliphatic carbocycles. The van der Waals surface area contributed by atoms with Gasteiger partial charge in [-0.3, -0.25) is 0 Å². The number of hydrogen-bond acceptors (Lipinski definition) is 4. The molecular formula is C8H16N2O3S. The highest BCUT2D eigenvalue weighted by Crippen LogP contribution is 2.07. The Morgan fingerprint density at radius 2 is 2.14 bits per heavy atom. The Bertz CT molecular complexity index is 294. The van der Waals surface area contributed by atoms with E-state index in [9.17, 15) is 8.42 Å². The number of likely N-dealkylation sites (N-methyl/N-ethyl adjacent to an activating group) is 1. The number of rotatable bonds is 6. The third-order valence-corrected chi connectivity index (χ3v) is 3.64. The summed E-state index contributed by atoms with van der Waals surface area (Å²) in [6, 6.07) is 1.42. The van der Waals surface area contributed by atoms with Crippen LogP contribution < -0.4 is 0 Å². The summed E-state index contributed by atoms with van der Waals surface area (Å²) in [5.41, 5.74) is 0. The van der Waals surface area contributed by atoms with E-state index in [0.717, 1.165) is 0 Å². The van der Waals surface area contributed by atoms with E-state index in [-0.39, 0.29) is 6.04 Å². The van der Waals surface area contributed by atoms with Gasteiger partial charge < -0.3 is 4.74 Å². The van der Waals surface area contributed by atoms with Gasteiger partial charge in [-0.05, 0) is 6.92 Å². The first-order valence-electron chi connectivity index (χ1n) is 4.35. The smallest absolute Gasteiger partial charge is 0.227 e. The van der Waals surface area contributed by atoms with Gasteiger partial charge >= 0.3 is 0 Å². The van der Waals surface area contributed by atoms with E-state index in [1.165, 1.54) is 11.4 Å². The molecule has 0 rings (SSSR count). The molecule has 0 bridgehead atoms. The van der Waals surface area contributed by atoms with Crippen LogP contribution in [0.1, 0.15) is 13.8 Å². The quantitative estimate of drug-likeness (QED) is 0.641. The van der Waals surface area contributed by atoms with Crippen LogP contribution in [0.3, 0.4) is 0 Å². The molecule has 0 spiro atoms. The second kappa shape index (κ2) is 5.96. The molecule has 0 radical (unpaired) electrons. The SMILES string of the molecule is CCN(C(C)COC)S(=O)(=O)CC#N. The first-order chi connectivity index (χ1) is 6.49. The van der Waals surface area contributed by atoms with Crippen LogP contribution in [0.15, 0.2) is 0 Å². The summed E-state index contributed by atoms with van der Waals surface area (Å²) in [5, 5.41) is 8.37. The van der Waals surface area contributed by atoms with Crippen LogP contribution in [0.2, 0.25) is 0 Å². The molecule has 0 aliphatic heterocycles. The summed E-state index contributed by atoms with van der Waals surface area (Å²) in [6.45, 7) is 4.18. The fourth-order valence-corrected chi connectivity index (χ4v) is 2.60. The Labute approximate surface area is 85.3 Å². The standard InChI is InChI=1S/C8H16N2O3S/c1-4-10(8(2)7-13-3)14(11,12)6-5-9/h8H,4,6-7H2,1-3H3. The van der Waals surface area contributed by atoms with Crippen LogP contribution in [0, 0.1) is 11.3 Å². The Morgan fingerprint density at radius 1 is 1.57 bits per heavy atom. The van der Waals surface area contributed by atoms with Gasteiger partial charge in [-0.1, -0.05) is 6.92 Å². The van der Waals surface area contributed by atoms with Gasteiger partial charge in [0.25, 0.3) is 0 Å². The molecule has 6 heteroatoms. The zero-order chi connectivity index (χ0) is 11.2. The Hall–Kier alpha value is -0.640. The van der Waals surface area contributed by atoms with Crippen molar-refractivity contribution >= 4 is 10.0 Å². The number of hydrogen-bond donors (Lipinski definition) is 0. The minimum Gasteiger partial charge on any atom is -0.383 e. The van der Waals surface area contributed by atoms with Crippen LogP contribution in [0.5, 0.6) is 0 Å². The molecular weight excluding hydrogens is 204 g/mol. The number of ether oxygens (including phenoxy) is 1. The van der Waals surface area contributed by atoms with E-state index in [1.807, 2.05) is 0 Å². The van der Waals surface area contributed by atoms with Gasteiger partial charge in [0.05, 0.1) is 12.7 Å². The first kappa shape index (κ1) is 13.4. The first-order valence-corrected chi connectivity index (χ1v) is 5.95. The predicted molar refractivity (Wildman–Crippen MR) is 53.1 cm³/mol. The maximum absolute atomic E-state index is 11.5. The van der Waals surface area contributed by atoms with Crippen LogP contribution in [0.4, 0.5) is 0 Å². The van der Waals surface area contributed by atoms with Crippen molar-refractivity contribution in [1.82, 2.24) is 4.31 Å². The highest BCUT2D eigenvalue weighted by molar-refractivity contribution is 7.89. The van der Waals surface area contributed by atoms with Crippen LogP contribution >= 0.6 is 0 Å². The lowest BCUT2D eigenvalue weighted by molar-refractivity contribution is 0.143. The molecule has 0 amide bonds. The van der Waals surface area contributed by atoms with E-state index in [4.69, 9.17) is 10.00 Å². The van der Waals surface area contributed by atoms with Gasteiger partial charge in [-0.2, -0.15) is 9.57 Å². The highest BCUT2D eigenvalue weighted by atomic mass is 32.2. The second-order valence-corrected chi connectivity index (χ2v) is 4.84. The lowest BCUT2D eigenvalue weighted by Crippen LogP contribution is -2.41. The molecule has 0 saturated heterocycles. The average Bonchev–Trinajstić information content (AvgIpc) is 2.04. The van der Waals surface area contributed by atoms with E-state index in [0.29, 0.717) is 13.2 Å². The largest absolute Gasteiger partial charge is 0.383 e. The molecule has 0 aliphatic rings. The molecule has 82 valence electrons. The molecule has 0 fully saturated rings. The summed E-state index contributed by atoms with van der Waals surface area (Å²) in [7, 11) is -1.94. The van der Waals surface area contributed by atoms with Crippen molar-refractivity contribution in [2.45, 2.75) is 19.9 Å². The number of sulfonamides is 1. The molecule has 1 unspecified atom stereocenters. The van der Waals surface area contributed by atoms with Crippen molar-refractivity contribution < 1.29 is 13.2 Å². The zero-order valence-corrected chi connectivity index (χ0v) is 9.54. The maximum Gasteiger partial charge on any atom is 0.227 e. The minimum atomic E-state index is -3.45.